The van der Waals surface area contributed by atoms with E-state index in [1.54, 1.807) is 6.08 Å². The fraction of sp³-hybridized carbons (Fsp3) is 0.824. The maximum Gasteiger partial charge on any atom is 0.216 e. The zero-order chi connectivity index (χ0) is 15.6. The first kappa shape index (κ1) is 18.9. The molecule has 0 saturated carbocycles. The van der Waals surface area contributed by atoms with Gasteiger partial charge in [-0.05, 0) is 26.2 Å². The number of hydrogen-bond donors (Lipinski definition) is 0. The molecule has 21 heavy (non-hydrogen) atoms. The molecule has 0 amide bonds. The Morgan fingerprint density at radius 1 is 1.14 bits per heavy atom. The van der Waals surface area contributed by atoms with Crippen molar-refractivity contribution in [3.05, 3.63) is 11.8 Å². The second kappa shape index (κ2) is 10.6. The van der Waals surface area contributed by atoms with Gasteiger partial charge < -0.3 is 4.74 Å². The van der Waals surface area contributed by atoms with Crippen molar-refractivity contribution < 1.29 is 9.53 Å². The number of halogens is 1. The van der Waals surface area contributed by atoms with Gasteiger partial charge in [-0.1, -0.05) is 57.2 Å². The van der Waals surface area contributed by atoms with Gasteiger partial charge in [-0.3, -0.25) is 4.79 Å². The molecule has 2 nitrogen and oxygen atoms in total. The molecule has 0 aliphatic carbocycles. The molecule has 1 rings (SSSR count). The van der Waals surface area contributed by atoms with E-state index < -0.39 is 0 Å². The van der Waals surface area contributed by atoms with Crippen LogP contribution in [0.25, 0.3) is 0 Å². The Morgan fingerprint density at radius 2 is 1.86 bits per heavy atom. The average Bonchev–Trinajstić information content (AvgIpc) is 2.73. The molecule has 0 aromatic heterocycles. The number of rotatable bonds is 12. The summed E-state index contributed by atoms with van der Waals surface area (Å²) in [6, 6.07) is 0. The molecule has 0 aromatic rings. The largest absolute Gasteiger partial charge is 0.496 e. The number of alkyl halides is 1. The van der Waals surface area contributed by atoms with Gasteiger partial charge in [-0.2, -0.15) is 0 Å². The first-order valence-electron chi connectivity index (χ1n) is 8.26. The highest BCUT2D eigenvalue weighted by atomic mass is 35.5. The van der Waals surface area contributed by atoms with E-state index in [0.29, 0.717) is 12.5 Å². The Hall–Kier alpha value is -0.150. The molecular weight excluding hydrogens is 304 g/mol. The number of hydrogen-bond acceptors (Lipinski definition) is 3. The molecule has 0 saturated heterocycles. The van der Waals surface area contributed by atoms with Gasteiger partial charge in [0.05, 0.1) is 11.4 Å². The van der Waals surface area contributed by atoms with Crippen LogP contribution < -0.4 is 0 Å². The number of ether oxygens (including phenoxy) is 1. The lowest BCUT2D eigenvalue weighted by Crippen LogP contribution is -2.22. The number of unbranched alkanes of at least 4 members (excludes halogenated alkanes) is 6. The van der Waals surface area contributed by atoms with Crippen LogP contribution in [0, 0.1) is 0 Å². The van der Waals surface area contributed by atoms with E-state index >= 15 is 0 Å². The standard InChI is InChI=1S/C17H29ClO2S/c1-3-4-5-6-7-8-11-17(2)15(14-16(19)21-17)20-13-10-9-12-18/h14H,3-13H2,1-2H3/t17-/m1/s1. The maximum atomic E-state index is 11.7. The molecule has 1 aliphatic rings. The Morgan fingerprint density at radius 3 is 2.57 bits per heavy atom. The van der Waals surface area contributed by atoms with Gasteiger partial charge in [-0.25, -0.2) is 0 Å². The third-order valence-electron chi connectivity index (χ3n) is 3.89. The van der Waals surface area contributed by atoms with Crippen molar-refractivity contribution in [2.24, 2.45) is 0 Å². The van der Waals surface area contributed by atoms with E-state index in [0.717, 1.165) is 25.0 Å². The van der Waals surface area contributed by atoms with Gasteiger partial charge in [0.1, 0.15) is 5.76 Å². The molecular formula is C17H29ClO2S. The van der Waals surface area contributed by atoms with Crippen LogP contribution in [0.1, 0.15) is 71.6 Å². The van der Waals surface area contributed by atoms with E-state index in [1.165, 1.54) is 50.3 Å². The molecule has 0 aromatic carbocycles. The lowest BCUT2D eigenvalue weighted by atomic mass is 9.99. The van der Waals surface area contributed by atoms with Crippen LogP contribution >= 0.6 is 23.4 Å². The van der Waals surface area contributed by atoms with E-state index in [-0.39, 0.29) is 9.86 Å². The minimum absolute atomic E-state index is 0.135. The Balaban J connectivity index is 2.31. The summed E-state index contributed by atoms with van der Waals surface area (Å²) in [6.45, 7) is 5.04. The lowest BCUT2D eigenvalue weighted by Gasteiger charge is -2.26. The van der Waals surface area contributed by atoms with Crippen molar-refractivity contribution >= 4 is 28.5 Å². The van der Waals surface area contributed by atoms with Crippen LogP contribution in [0.15, 0.2) is 11.8 Å². The van der Waals surface area contributed by atoms with Gasteiger partial charge in [0, 0.05) is 12.0 Å². The first-order valence-corrected chi connectivity index (χ1v) is 9.61. The van der Waals surface area contributed by atoms with Crippen LogP contribution in [0.3, 0.4) is 0 Å². The molecule has 0 fully saturated rings. The molecule has 122 valence electrons. The van der Waals surface area contributed by atoms with Crippen molar-refractivity contribution in [3.8, 4) is 0 Å². The normalized spacial score (nSPS) is 21.7. The van der Waals surface area contributed by atoms with Gasteiger partial charge in [0.15, 0.2) is 0 Å². The zero-order valence-electron chi connectivity index (χ0n) is 13.5. The predicted octanol–water partition coefficient (Wildman–Crippen LogP) is 5.69. The highest BCUT2D eigenvalue weighted by Crippen LogP contribution is 2.44. The van der Waals surface area contributed by atoms with Gasteiger partial charge in [-0.15, -0.1) is 11.6 Å². The van der Waals surface area contributed by atoms with Crippen molar-refractivity contribution in [3.63, 3.8) is 0 Å². The zero-order valence-corrected chi connectivity index (χ0v) is 15.0. The SMILES string of the molecule is CCCCCCCC[C@@]1(C)SC(=O)C=C1OCCCCCl. The van der Waals surface area contributed by atoms with E-state index in [9.17, 15) is 4.79 Å². The predicted molar refractivity (Wildman–Crippen MR) is 93.0 cm³/mol. The minimum atomic E-state index is -0.150. The molecule has 0 spiro atoms. The lowest BCUT2D eigenvalue weighted by molar-refractivity contribution is -0.107. The topological polar surface area (TPSA) is 26.3 Å². The Kier molecular flexibility index (Phi) is 9.50. The summed E-state index contributed by atoms with van der Waals surface area (Å²) in [4.78, 5) is 11.7. The fourth-order valence-electron chi connectivity index (χ4n) is 2.55. The van der Waals surface area contributed by atoms with Gasteiger partial charge in [0.2, 0.25) is 5.12 Å². The maximum absolute atomic E-state index is 11.7. The molecule has 4 heteroatoms. The van der Waals surface area contributed by atoms with Crippen LogP contribution in [0.4, 0.5) is 0 Å². The number of carbonyl (C=O) groups excluding carboxylic acids is 1. The van der Waals surface area contributed by atoms with E-state index in [1.807, 2.05) is 0 Å². The summed E-state index contributed by atoms with van der Waals surface area (Å²) >= 11 is 7.09. The molecule has 0 radical (unpaired) electrons. The summed E-state index contributed by atoms with van der Waals surface area (Å²) < 4.78 is 5.70. The highest BCUT2D eigenvalue weighted by molar-refractivity contribution is 8.15. The van der Waals surface area contributed by atoms with Crippen molar-refractivity contribution in [2.45, 2.75) is 76.4 Å². The summed E-state index contributed by atoms with van der Waals surface area (Å²) in [7, 11) is 0. The third-order valence-corrected chi connectivity index (χ3v) is 5.33. The first-order chi connectivity index (χ1) is 10.1. The van der Waals surface area contributed by atoms with Crippen molar-refractivity contribution in [2.75, 3.05) is 12.5 Å². The Labute approximate surface area is 139 Å². The molecule has 1 atom stereocenters. The van der Waals surface area contributed by atoms with E-state index in [4.69, 9.17) is 16.3 Å². The van der Waals surface area contributed by atoms with Crippen LogP contribution in [0.2, 0.25) is 0 Å². The van der Waals surface area contributed by atoms with Crippen molar-refractivity contribution in [1.29, 1.82) is 0 Å². The molecule has 1 aliphatic heterocycles. The molecule has 0 N–H and O–H groups in total. The van der Waals surface area contributed by atoms with Gasteiger partial charge >= 0.3 is 0 Å². The summed E-state index contributed by atoms with van der Waals surface area (Å²) in [5.74, 6) is 1.55. The number of carbonyl (C=O) groups is 1. The Bertz CT molecular complexity index is 344. The molecule has 0 bridgehead atoms. The van der Waals surface area contributed by atoms with Crippen LogP contribution in [0.5, 0.6) is 0 Å². The van der Waals surface area contributed by atoms with Crippen LogP contribution in [-0.4, -0.2) is 22.3 Å². The molecule has 1 heterocycles. The average molecular weight is 333 g/mol. The summed E-state index contributed by atoms with van der Waals surface area (Å²) in [5, 5.41) is 0.135. The second-order valence-corrected chi connectivity index (χ2v) is 7.81. The summed E-state index contributed by atoms with van der Waals surface area (Å²) in [5.41, 5.74) is 0. The highest BCUT2D eigenvalue weighted by Gasteiger charge is 2.38. The van der Waals surface area contributed by atoms with Crippen molar-refractivity contribution in [1.82, 2.24) is 0 Å². The fourth-order valence-corrected chi connectivity index (χ4v) is 3.82. The smallest absolute Gasteiger partial charge is 0.216 e. The minimum Gasteiger partial charge on any atom is -0.496 e. The van der Waals surface area contributed by atoms with Gasteiger partial charge in [0.25, 0.3) is 0 Å². The van der Waals surface area contributed by atoms with Crippen LogP contribution in [-0.2, 0) is 9.53 Å². The molecule has 0 unspecified atom stereocenters. The third kappa shape index (κ3) is 7.10. The quantitative estimate of drug-likeness (QED) is 0.339. The summed E-state index contributed by atoms with van der Waals surface area (Å²) in [6.07, 6.45) is 12.3. The monoisotopic (exact) mass is 332 g/mol. The number of thioether (sulfide) groups is 1. The van der Waals surface area contributed by atoms with E-state index in [2.05, 4.69) is 13.8 Å². The second-order valence-electron chi connectivity index (χ2n) is 5.92.